The van der Waals surface area contributed by atoms with Crippen LogP contribution in [-0.4, -0.2) is 50.9 Å². The fraction of sp³-hybridized carbons (Fsp3) is 0.200. The predicted molar refractivity (Wildman–Crippen MR) is 160 cm³/mol. The van der Waals surface area contributed by atoms with Crippen LogP contribution in [0.3, 0.4) is 0 Å². The van der Waals surface area contributed by atoms with Gasteiger partial charge in [0, 0.05) is 0 Å². The van der Waals surface area contributed by atoms with Crippen LogP contribution in [0.1, 0.15) is 22.3 Å². The molecule has 0 heterocycles. The second-order valence-electron chi connectivity index (χ2n) is 9.94. The predicted octanol–water partition coefficient (Wildman–Crippen LogP) is 5.96. The molecular weight excluding hydrogens is 516 g/mol. The van der Waals surface area contributed by atoms with E-state index in [1.807, 2.05) is 24.3 Å². The van der Waals surface area contributed by atoms with Gasteiger partial charge < -0.3 is 29.2 Å². The third kappa shape index (κ3) is 4.46. The standard InChI is InChI=1S/C35H32O6/c1-38-33-21-30-29-19-23-5-3-4-6-24(23)20-31(29)35(32(30)22-34(33)39-2,25-7-11-27(12-8-25)40-17-15-36)26-9-13-28(14-10-26)41-18-16-37/h3-14,19-22,36-37H,15-18H2,1-2H3. The van der Waals surface area contributed by atoms with Gasteiger partial charge in [-0.3, -0.25) is 0 Å². The minimum absolute atomic E-state index is 0.0498. The van der Waals surface area contributed by atoms with Gasteiger partial charge in [0.1, 0.15) is 24.7 Å². The van der Waals surface area contributed by atoms with Crippen LogP contribution in [0.5, 0.6) is 23.0 Å². The van der Waals surface area contributed by atoms with Crippen LogP contribution in [0.2, 0.25) is 0 Å². The molecule has 0 saturated heterocycles. The summed E-state index contributed by atoms with van der Waals surface area (Å²) in [6.45, 7) is 0.362. The van der Waals surface area contributed by atoms with E-state index in [0.717, 1.165) is 44.2 Å². The highest BCUT2D eigenvalue weighted by atomic mass is 16.5. The Bertz CT molecular complexity index is 1620. The van der Waals surface area contributed by atoms with E-state index < -0.39 is 5.41 Å². The summed E-state index contributed by atoms with van der Waals surface area (Å²) >= 11 is 0. The molecular formula is C35H32O6. The molecule has 0 aliphatic heterocycles. The number of fused-ring (bicyclic) bond motifs is 4. The molecule has 0 bridgehead atoms. The van der Waals surface area contributed by atoms with Crippen molar-refractivity contribution < 1.29 is 29.2 Å². The lowest BCUT2D eigenvalue weighted by atomic mass is 9.67. The zero-order valence-electron chi connectivity index (χ0n) is 23.1. The molecule has 6 nitrogen and oxygen atoms in total. The maximum atomic E-state index is 9.25. The largest absolute Gasteiger partial charge is 0.493 e. The van der Waals surface area contributed by atoms with Crippen LogP contribution in [-0.2, 0) is 5.41 Å². The Kier molecular flexibility index (Phi) is 7.26. The Balaban J connectivity index is 1.68. The number of hydrogen-bond donors (Lipinski definition) is 2. The van der Waals surface area contributed by atoms with Crippen molar-refractivity contribution in [3.05, 3.63) is 119 Å². The molecule has 6 rings (SSSR count). The highest BCUT2D eigenvalue weighted by Crippen LogP contribution is 2.59. The lowest BCUT2D eigenvalue weighted by Gasteiger charge is -2.34. The Morgan fingerprint density at radius 3 is 1.54 bits per heavy atom. The molecule has 0 radical (unpaired) electrons. The third-order valence-corrected chi connectivity index (χ3v) is 7.80. The van der Waals surface area contributed by atoms with Crippen molar-refractivity contribution in [2.45, 2.75) is 5.41 Å². The number of benzene rings is 5. The molecule has 5 aromatic carbocycles. The van der Waals surface area contributed by atoms with Gasteiger partial charge in [0.25, 0.3) is 0 Å². The molecule has 5 aromatic rings. The molecule has 0 unspecified atom stereocenters. The van der Waals surface area contributed by atoms with Crippen molar-refractivity contribution in [2.24, 2.45) is 0 Å². The molecule has 2 N–H and O–H groups in total. The van der Waals surface area contributed by atoms with Gasteiger partial charge >= 0.3 is 0 Å². The average molecular weight is 549 g/mol. The molecule has 0 amide bonds. The summed E-state index contributed by atoms with van der Waals surface area (Å²) in [5.74, 6) is 2.70. The van der Waals surface area contributed by atoms with Crippen LogP contribution in [0.15, 0.2) is 97.1 Å². The second-order valence-corrected chi connectivity index (χ2v) is 9.94. The summed E-state index contributed by atoms with van der Waals surface area (Å²) in [5, 5.41) is 20.8. The first-order valence-corrected chi connectivity index (χ1v) is 13.6. The highest BCUT2D eigenvalue weighted by Gasteiger charge is 2.47. The molecule has 0 spiro atoms. The van der Waals surface area contributed by atoms with Crippen LogP contribution in [0.4, 0.5) is 0 Å². The fourth-order valence-corrected chi connectivity index (χ4v) is 6.05. The van der Waals surface area contributed by atoms with Crippen LogP contribution in [0.25, 0.3) is 21.9 Å². The van der Waals surface area contributed by atoms with E-state index in [0.29, 0.717) is 23.0 Å². The van der Waals surface area contributed by atoms with Gasteiger partial charge in [0.05, 0.1) is 32.8 Å². The minimum Gasteiger partial charge on any atom is -0.493 e. The first-order chi connectivity index (χ1) is 20.1. The third-order valence-electron chi connectivity index (χ3n) is 7.80. The molecule has 0 aromatic heterocycles. The topological polar surface area (TPSA) is 77.4 Å². The monoisotopic (exact) mass is 548 g/mol. The highest BCUT2D eigenvalue weighted by molar-refractivity contribution is 5.96. The summed E-state index contributed by atoms with van der Waals surface area (Å²) in [7, 11) is 3.31. The van der Waals surface area contributed by atoms with Crippen LogP contribution in [0, 0.1) is 0 Å². The summed E-state index contributed by atoms with van der Waals surface area (Å²) in [4.78, 5) is 0. The summed E-state index contributed by atoms with van der Waals surface area (Å²) in [6, 6.07) is 33.3. The van der Waals surface area contributed by atoms with Crippen LogP contribution < -0.4 is 18.9 Å². The minimum atomic E-state index is -0.695. The van der Waals surface area contributed by atoms with Gasteiger partial charge in [0.2, 0.25) is 0 Å². The first kappa shape index (κ1) is 26.7. The molecule has 1 aliphatic rings. The lowest BCUT2D eigenvalue weighted by molar-refractivity contribution is 0.201. The van der Waals surface area contributed by atoms with E-state index in [4.69, 9.17) is 18.9 Å². The zero-order valence-corrected chi connectivity index (χ0v) is 23.1. The summed E-state index contributed by atoms with van der Waals surface area (Å²) < 4.78 is 23.0. The smallest absolute Gasteiger partial charge is 0.161 e. The van der Waals surface area contributed by atoms with E-state index >= 15 is 0 Å². The number of aliphatic hydroxyl groups excluding tert-OH is 2. The molecule has 6 heteroatoms. The molecule has 1 aliphatic carbocycles. The molecule has 0 saturated carbocycles. The van der Waals surface area contributed by atoms with E-state index in [1.165, 1.54) is 0 Å². The fourth-order valence-electron chi connectivity index (χ4n) is 6.05. The Morgan fingerprint density at radius 1 is 0.561 bits per heavy atom. The normalized spacial score (nSPS) is 13.0. The van der Waals surface area contributed by atoms with Crippen molar-refractivity contribution in [2.75, 3.05) is 40.6 Å². The average Bonchev–Trinajstić information content (AvgIpc) is 3.30. The maximum Gasteiger partial charge on any atom is 0.161 e. The van der Waals surface area contributed by atoms with Crippen LogP contribution >= 0.6 is 0 Å². The van der Waals surface area contributed by atoms with Crippen molar-refractivity contribution in [1.29, 1.82) is 0 Å². The quantitative estimate of drug-likeness (QED) is 0.220. The van der Waals surface area contributed by atoms with Crippen molar-refractivity contribution in [3.63, 3.8) is 0 Å². The van der Waals surface area contributed by atoms with Gasteiger partial charge in [-0.05, 0) is 92.7 Å². The summed E-state index contributed by atoms with van der Waals surface area (Å²) in [5.41, 5.74) is 5.84. The molecule has 208 valence electrons. The molecule has 41 heavy (non-hydrogen) atoms. The van der Waals surface area contributed by atoms with Gasteiger partial charge in [-0.15, -0.1) is 0 Å². The Labute approximate surface area is 239 Å². The van der Waals surface area contributed by atoms with E-state index in [9.17, 15) is 10.2 Å². The number of aliphatic hydroxyl groups is 2. The van der Waals surface area contributed by atoms with E-state index in [-0.39, 0.29) is 26.4 Å². The van der Waals surface area contributed by atoms with Gasteiger partial charge in [0.15, 0.2) is 11.5 Å². The van der Waals surface area contributed by atoms with Gasteiger partial charge in [-0.25, -0.2) is 0 Å². The van der Waals surface area contributed by atoms with E-state index in [1.54, 1.807) is 14.2 Å². The van der Waals surface area contributed by atoms with Crippen molar-refractivity contribution >= 4 is 10.8 Å². The maximum absolute atomic E-state index is 9.25. The Morgan fingerprint density at radius 2 is 1.02 bits per heavy atom. The Hall–Kier alpha value is -4.52. The van der Waals surface area contributed by atoms with Gasteiger partial charge in [-0.2, -0.15) is 0 Å². The second kappa shape index (κ2) is 11.2. The van der Waals surface area contributed by atoms with Gasteiger partial charge in [-0.1, -0.05) is 48.5 Å². The van der Waals surface area contributed by atoms with Crippen molar-refractivity contribution in [1.82, 2.24) is 0 Å². The zero-order chi connectivity index (χ0) is 28.4. The SMILES string of the molecule is COc1cc2c(cc1OC)C(c1ccc(OCCO)cc1)(c1ccc(OCCO)cc1)c1cc3ccccc3cc1-2. The molecule has 0 atom stereocenters. The first-order valence-electron chi connectivity index (χ1n) is 13.6. The summed E-state index contributed by atoms with van der Waals surface area (Å²) in [6.07, 6.45) is 0. The lowest BCUT2D eigenvalue weighted by Crippen LogP contribution is -2.28. The van der Waals surface area contributed by atoms with Crippen molar-refractivity contribution in [3.8, 4) is 34.1 Å². The number of hydrogen-bond acceptors (Lipinski definition) is 6. The molecule has 0 fully saturated rings. The van der Waals surface area contributed by atoms with E-state index in [2.05, 4.69) is 72.8 Å². The number of methoxy groups -OCH3 is 2. The number of rotatable bonds is 10. The number of ether oxygens (including phenoxy) is 4.